The lowest BCUT2D eigenvalue weighted by Crippen LogP contribution is -2.47. The van der Waals surface area contributed by atoms with Crippen LogP contribution in [0.3, 0.4) is 0 Å². The zero-order valence-corrected chi connectivity index (χ0v) is 18.7. The van der Waals surface area contributed by atoms with Gasteiger partial charge in [-0.2, -0.15) is 0 Å². The summed E-state index contributed by atoms with van der Waals surface area (Å²) >= 11 is 0. The molecular weight excluding hydrogens is 386 g/mol. The second kappa shape index (κ2) is 14.4. The summed E-state index contributed by atoms with van der Waals surface area (Å²) in [6.07, 6.45) is 8.44. The highest BCUT2D eigenvalue weighted by molar-refractivity contribution is 5.79. The van der Waals surface area contributed by atoms with E-state index in [2.05, 4.69) is 22.8 Å². The van der Waals surface area contributed by atoms with Crippen LogP contribution in [0.1, 0.15) is 63.0 Å². The van der Waals surface area contributed by atoms with Gasteiger partial charge in [-0.15, -0.1) is 0 Å². The molecule has 3 rings (SSSR count). The number of carbonyl (C=O) groups excluding carboxylic acids is 2. The van der Waals surface area contributed by atoms with Crippen molar-refractivity contribution in [2.24, 2.45) is 5.73 Å². The van der Waals surface area contributed by atoms with E-state index in [1.807, 2.05) is 55.5 Å². The van der Waals surface area contributed by atoms with Crippen molar-refractivity contribution < 1.29 is 9.59 Å². The lowest BCUT2D eigenvalue weighted by molar-refractivity contribution is -0.121. The van der Waals surface area contributed by atoms with Crippen molar-refractivity contribution in [1.82, 2.24) is 10.6 Å². The van der Waals surface area contributed by atoms with Gasteiger partial charge in [0.1, 0.15) is 0 Å². The molecule has 0 unspecified atom stereocenters. The van der Waals surface area contributed by atoms with Gasteiger partial charge in [0.25, 0.3) is 0 Å². The molecule has 1 saturated carbocycles. The maximum Gasteiger partial charge on any atom is 0.234 e. The molecule has 0 heterocycles. The molecule has 168 valence electrons. The van der Waals surface area contributed by atoms with Gasteiger partial charge < -0.3 is 16.4 Å². The van der Waals surface area contributed by atoms with E-state index in [9.17, 15) is 9.59 Å². The van der Waals surface area contributed by atoms with Crippen LogP contribution >= 0.6 is 0 Å². The summed E-state index contributed by atoms with van der Waals surface area (Å²) in [6, 6.07) is 20.4. The van der Waals surface area contributed by atoms with Gasteiger partial charge in [-0.25, -0.2) is 0 Å². The molecule has 0 aromatic heterocycles. The van der Waals surface area contributed by atoms with Crippen molar-refractivity contribution in [1.29, 1.82) is 0 Å². The molecule has 0 radical (unpaired) electrons. The fourth-order valence-electron chi connectivity index (χ4n) is 3.74. The number of amides is 2. The Balaban J connectivity index is 0.000000245. The molecule has 1 atom stereocenters. The van der Waals surface area contributed by atoms with Crippen molar-refractivity contribution >= 4 is 11.8 Å². The maximum atomic E-state index is 11.6. The fourth-order valence-corrected chi connectivity index (χ4v) is 3.74. The van der Waals surface area contributed by atoms with Gasteiger partial charge in [0, 0.05) is 19.0 Å². The summed E-state index contributed by atoms with van der Waals surface area (Å²) in [6.45, 7) is 2.48. The third-order valence-corrected chi connectivity index (χ3v) is 5.60. The number of rotatable bonds is 9. The van der Waals surface area contributed by atoms with E-state index in [1.165, 1.54) is 37.7 Å². The normalized spacial score (nSPS) is 14.7. The molecule has 1 aliphatic carbocycles. The van der Waals surface area contributed by atoms with Gasteiger partial charge in [0.15, 0.2) is 0 Å². The molecule has 2 aromatic rings. The molecular formula is C26H37N3O2. The van der Waals surface area contributed by atoms with Gasteiger partial charge >= 0.3 is 0 Å². The third kappa shape index (κ3) is 10.3. The highest BCUT2D eigenvalue weighted by Gasteiger charge is 2.21. The Kier molecular flexibility index (Phi) is 11.4. The maximum absolute atomic E-state index is 11.6. The first-order valence-corrected chi connectivity index (χ1v) is 11.5. The van der Waals surface area contributed by atoms with Crippen molar-refractivity contribution in [2.45, 2.75) is 76.9 Å². The molecule has 5 nitrogen and oxygen atoms in total. The molecule has 0 saturated heterocycles. The zero-order chi connectivity index (χ0) is 22.3. The molecule has 1 aliphatic rings. The number of nitrogens with one attached hydrogen (secondary N) is 2. The standard InChI is InChI=1S/C16H24N2O.C10H13NO/c17-16(19)15(18-14-9-5-2-6-10-14)12-11-13-7-3-1-4-8-13;1-2-10(12)11-8-9-6-4-3-5-7-9/h1,3-4,7-8,14-15,18H,2,5-6,9-12H2,(H2,17,19);3-7H,2,8H2,1H3,(H,11,12)/t15-;/m1./s1. The van der Waals surface area contributed by atoms with Crippen LogP contribution in [0.25, 0.3) is 0 Å². The number of primary amides is 1. The largest absolute Gasteiger partial charge is 0.368 e. The van der Waals surface area contributed by atoms with E-state index in [0.717, 1.165) is 18.4 Å². The second-order valence-corrected chi connectivity index (χ2v) is 8.10. The summed E-state index contributed by atoms with van der Waals surface area (Å²) in [4.78, 5) is 22.4. The smallest absolute Gasteiger partial charge is 0.234 e. The first-order valence-electron chi connectivity index (χ1n) is 11.5. The van der Waals surface area contributed by atoms with Gasteiger partial charge in [-0.3, -0.25) is 9.59 Å². The topological polar surface area (TPSA) is 84.2 Å². The number of hydrogen-bond acceptors (Lipinski definition) is 3. The number of benzene rings is 2. The molecule has 2 aromatic carbocycles. The quantitative estimate of drug-likeness (QED) is 0.567. The fraction of sp³-hybridized carbons (Fsp3) is 0.462. The lowest BCUT2D eigenvalue weighted by atomic mass is 9.94. The molecule has 0 aliphatic heterocycles. The number of nitrogens with two attached hydrogens (primary N) is 1. The first kappa shape index (κ1) is 24.6. The minimum absolute atomic E-state index is 0.0962. The Labute approximate surface area is 186 Å². The van der Waals surface area contributed by atoms with Crippen molar-refractivity contribution in [3.05, 3.63) is 71.8 Å². The SMILES string of the molecule is CCC(=O)NCc1ccccc1.NC(=O)[C@@H](CCc1ccccc1)NC1CCCCC1. The predicted molar refractivity (Wildman–Crippen MR) is 126 cm³/mol. The zero-order valence-electron chi connectivity index (χ0n) is 18.7. The number of carbonyl (C=O) groups is 2. The van der Waals surface area contributed by atoms with E-state index in [-0.39, 0.29) is 17.9 Å². The Morgan fingerprint density at radius 2 is 1.52 bits per heavy atom. The van der Waals surface area contributed by atoms with Crippen LogP contribution in [-0.2, 0) is 22.6 Å². The number of hydrogen-bond donors (Lipinski definition) is 3. The Bertz CT molecular complexity index is 759. The van der Waals surface area contributed by atoms with E-state index in [4.69, 9.17) is 5.73 Å². The van der Waals surface area contributed by atoms with E-state index >= 15 is 0 Å². The average molecular weight is 424 g/mol. The Morgan fingerprint density at radius 1 is 0.935 bits per heavy atom. The Morgan fingerprint density at radius 3 is 2.06 bits per heavy atom. The van der Waals surface area contributed by atoms with Gasteiger partial charge in [-0.05, 0) is 36.8 Å². The molecule has 0 spiro atoms. The van der Waals surface area contributed by atoms with Crippen molar-refractivity contribution in [2.75, 3.05) is 0 Å². The van der Waals surface area contributed by atoms with Crippen LogP contribution in [0.5, 0.6) is 0 Å². The third-order valence-electron chi connectivity index (χ3n) is 5.60. The molecule has 5 heteroatoms. The lowest BCUT2D eigenvalue weighted by Gasteiger charge is -2.27. The molecule has 2 amide bonds. The van der Waals surface area contributed by atoms with E-state index in [1.54, 1.807) is 0 Å². The summed E-state index contributed by atoms with van der Waals surface area (Å²) in [7, 11) is 0. The first-order chi connectivity index (χ1) is 15.1. The van der Waals surface area contributed by atoms with Gasteiger partial charge in [-0.1, -0.05) is 86.8 Å². The molecule has 1 fully saturated rings. The van der Waals surface area contributed by atoms with Crippen LogP contribution in [-0.4, -0.2) is 23.9 Å². The van der Waals surface area contributed by atoms with Crippen LogP contribution in [0.15, 0.2) is 60.7 Å². The van der Waals surface area contributed by atoms with E-state index < -0.39 is 0 Å². The monoisotopic (exact) mass is 423 g/mol. The van der Waals surface area contributed by atoms with Crippen LogP contribution in [0.2, 0.25) is 0 Å². The predicted octanol–water partition coefficient (Wildman–Crippen LogP) is 4.11. The highest BCUT2D eigenvalue weighted by Crippen LogP contribution is 2.18. The molecule has 4 N–H and O–H groups in total. The van der Waals surface area contributed by atoms with Crippen molar-refractivity contribution in [3.63, 3.8) is 0 Å². The summed E-state index contributed by atoms with van der Waals surface area (Å²) in [5.74, 6) is -0.125. The van der Waals surface area contributed by atoms with Crippen LogP contribution < -0.4 is 16.4 Å². The van der Waals surface area contributed by atoms with E-state index in [0.29, 0.717) is 19.0 Å². The highest BCUT2D eigenvalue weighted by atomic mass is 16.2. The van der Waals surface area contributed by atoms with Crippen LogP contribution in [0, 0.1) is 0 Å². The van der Waals surface area contributed by atoms with Crippen molar-refractivity contribution in [3.8, 4) is 0 Å². The van der Waals surface area contributed by atoms with Gasteiger partial charge in [0.05, 0.1) is 6.04 Å². The van der Waals surface area contributed by atoms with Gasteiger partial charge in [0.2, 0.25) is 11.8 Å². The molecule has 31 heavy (non-hydrogen) atoms. The van der Waals surface area contributed by atoms with Crippen LogP contribution in [0.4, 0.5) is 0 Å². The average Bonchev–Trinajstić information content (AvgIpc) is 2.82. The Hall–Kier alpha value is -2.66. The molecule has 0 bridgehead atoms. The summed E-state index contributed by atoms with van der Waals surface area (Å²) < 4.78 is 0. The summed E-state index contributed by atoms with van der Waals surface area (Å²) in [5.41, 5.74) is 7.92. The minimum atomic E-state index is -0.221. The second-order valence-electron chi connectivity index (χ2n) is 8.10. The minimum Gasteiger partial charge on any atom is -0.368 e. The summed E-state index contributed by atoms with van der Waals surface area (Å²) in [5, 5.41) is 6.26. The number of aryl methyl sites for hydroxylation is 1.